The topological polar surface area (TPSA) is 125 Å². The predicted molar refractivity (Wildman–Crippen MR) is 83.0 cm³/mol. The Kier molecular flexibility index (Phi) is 6.69. The first kappa shape index (κ1) is 17.5. The molecule has 0 radical (unpaired) electrons. The zero-order valence-corrected chi connectivity index (χ0v) is 12.9. The molecule has 0 bridgehead atoms. The van der Waals surface area contributed by atoms with Crippen molar-refractivity contribution in [2.75, 3.05) is 19.8 Å². The summed E-state index contributed by atoms with van der Waals surface area (Å²) in [5, 5.41) is 0. The summed E-state index contributed by atoms with van der Waals surface area (Å²) in [7, 11) is -3.48. The first-order valence-corrected chi connectivity index (χ1v) is 8.08. The quantitative estimate of drug-likeness (QED) is 0.404. The predicted octanol–water partition coefficient (Wildman–Crippen LogP) is -0.758. The number of amides is 1. The lowest BCUT2D eigenvalue weighted by atomic mass is 10.1. The number of rotatable bonds is 9. The molecule has 0 spiro atoms. The lowest BCUT2D eigenvalue weighted by Crippen LogP contribution is -2.29. The Labute approximate surface area is 128 Å². The van der Waals surface area contributed by atoms with Crippen LogP contribution in [0.4, 0.5) is 0 Å². The molecule has 9 heteroatoms. The molecule has 7 nitrogen and oxygen atoms in total. The number of carbonyl (C=O) groups excluding carboxylic acids is 1. The Hall–Kier alpha value is -1.55. The molecule has 1 rings (SSSR count). The summed E-state index contributed by atoms with van der Waals surface area (Å²) in [5.74, 6) is -0.767. The van der Waals surface area contributed by atoms with Crippen molar-refractivity contribution in [1.82, 2.24) is 4.72 Å². The summed E-state index contributed by atoms with van der Waals surface area (Å²) in [6.45, 7) is -0.0919. The molecular formula is C12H17N3O4S2. The number of nitrogens with one attached hydrogen (secondary N) is 1. The maximum absolute atomic E-state index is 11.8. The maximum atomic E-state index is 11.8. The number of primary amides is 1. The highest BCUT2D eigenvalue weighted by molar-refractivity contribution is 7.88. The van der Waals surface area contributed by atoms with Gasteiger partial charge in [0.1, 0.15) is 11.6 Å². The SMILES string of the molecule is NC(=O)COCCNS(=O)(=O)Cc1ccc(C(N)=S)cc1. The number of benzene rings is 1. The monoisotopic (exact) mass is 331 g/mol. The van der Waals surface area contributed by atoms with Crippen molar-refractivity contribution in [3.05, 3.63) is 35.4 Å². The number of hydrogen-bond acceptors (Lipinski definition) is 5. The highest BCUT2D eigenvalue weighted by atomic mass is 32.2. The molecule has 21 heavy (non-hydrogen) atoms. The van der Waals surface area contributed by atoms with Crippen LogP contribution in [0, 0.1) is 0 Å². The van der Waals surface area contributed by atoms with Gasteiger partial charge in [-0.15, -0.1) is 0 Å². The summed E-state index contributed by atoms with van der Waals surface area (Å²) in [5.41, 5.74) is 11.6. The van der Waals surface area contributed by atoms with E-state index in [0.717, 1.165) is 0 Å². The van der Waals surface area contributed by atoms with Gasteiger partial charge in [-0.2, -0.15) is 0 Å². The second kappa shape index (κ2) is 8.03. The summed E-state index contributed by atoms with van der Waals surface area (Å²) < 4.78 is 30.8. The van der Waals surface area contributed by atoms with Crippen molar-refractivity contribution >= 4 is 33.1 Å². The van der Waals surface area contributed by atoms with E-state index in [1.54, 1.807) is 24.3 Å². The van der Waals surface area contributed by atoms with Crippen LogP contribution in [0.5, 0.6) is 0 Å². The van der Waals surface area contributed by atoms with Crippen LogP contribution < -0.4 is 16.2 Å². The highest BCUT2D eigenvalue weighted by Crippen LogP contribution is 2.07. The normalized spacial score (nSPS) is 11.2. The molecule has 0 fully saturated rings. The molecule has 0 saturated heterocycles. The van der Waals surface area contributed by atoms with Crippen LogP contribution in [0.15, 0.2) is 24.3 Å². The zero-order valence-electron chi connectivity index (χ0n) is 11.2. The summed E-state index contributed by atoms with van der Waals surface area (Å²) >= 11 is 4.82. The van der Waals surface area contributed by atoms with Gasteiger partial charge < -0.3 is 16.2 Å². The van der Waals surface area contributed by atoms with E-state index in [1.807, 2.05) is 0 Å². The Bertz CT molecular complexity index is 599. The molecule has 5 N–H and O–H groups in total. The van der Waals surface area contributed by atoms with E-state index < -0.39 is 15.9 Å². The van der Waals surface area contributed by atoms with E-state index in [2.05, 4.69) is 4.72 Å². The van der Waals surface area contributed by atoms with Crippen molar-refractivity contribution in [2.45, 2.75) is 5.75 Å². The van der Waals surface area contributed by atoms with E-state index in [-0.39, 0.29) is 30.5 Å². The van der Waals surface area contributed by atoms with Crippen molar-refractivity contribution < 1.29 is 17.9 Å². The third-order valence-corrected chi connectivity index (χ3v) is 4.00. The van der Waals surface area contributed by atoms with Gasteiger partial charge in [-0.3, -0.25) is 4.79 Å². The lowest BCUT2D eigenvalue weighted by molar-refractivity contribution is -0.122. The number of sulfonamides is 1. The molecule has 0 unspecified atom stereocenters. The Morgan fingerprint density at radius 3 is 2.38 bits per heavy atom. The molecule has 0 atom stereocenters. The second-order valence-electron chi connectivity index (χ2n) is 4.23. The first-order valence-electron chi connectivity index (χ1n) is 6.02. The Morgan fingerprint density at radius 1 is 1.24 bits per heavy atom. The zero-order chi connectivity index (χ0) is 15.9. The Morgan fingerprint density at radius 2 is 1.86 bits per heavy atom. The van der Waals surface area contributed by atoms with Crippen LogP contribution in [0.25, 0.3) is 0 Å². The molecule has 0 aliphatic carbocycles. The van der Waals surface area contributed by atoms with Crippen molar-refractivity contribution in [3.63, 3.8) is 0 Å². The molecule has 0 aromatic heterocycles. The minimum Gasteiger partial charge on any atom is -0.389 e. The van der Waals surface area contributed by atoms with E-state index in [1.165, 1.54) is 0 Å². The number of thiocarbonyl (C=S) groups is 1. The van der Waals surface area contributed by atoms with Gasteiger partial charge >= 0.3 is 0 Å². The van der Waals surface area contributed by atoms with E-state index in [9.17, 15) is 13.2 Å². The largest absolute Gasteiger partial charge is 0.389 e. The van der Waals surface area contributed by atoms with Crippen LogP contribution >= 0.6 is 12.2 Å². The molecule has 0 saturated carbocycles. The molecule has 0 aliphatic heterocycles. The van der Waals surface area contributed by atoms with Gasteiger partial charge in [-0.25, -0.2) is 13.1 Å². The van der Waals surface area contributed by atoms with Gasteiger partial charge in [0.2, 0.25) is 15.9 Å². The van der Waals surface area contributed by atoms with Crippen LogP contribution in [-0.2, 0) is 25.3 Å². The van der Waals surface area contributed by atoms with Gasteiger partial charge in [-0.1, -0.05) is 36.5 Å². The molecule has 0 heterocycles. The fraction of sp³-hybridized carbons (Fsp3) is 0.333. The fourth-order valence-corrected chi connectivity index (χ4v) is 2.74. The average molecular weight is 331 g/mol. The van der Waals surface area contributed by atoms with E-state index in [0.29, 0.717) is 11.1 Å². The molecule has 116 valence electrons. The molecule has 1 aromatic carbocycles. The molecule has 0 aliphatic rings. The van der Waals surface area contributed by atoms with Crippen LogP contribution in [-0.4, -0.2) is 39.1 Å². The van der Waals surface area contributed by atoms with Crippen molar-refractivity contribution in [1.29, 1.82) is 0 Å². The van der Waals surface area contributed by atoms with Crippen LogP contribution in [0.1, 0.15) is 11.1 Å². The highest BCUT2D eigenvalue weighted by Gasteiger charge is 2.11. The van der Waals surface area contributed by atoms with Gasteiger partial charge in [0.25, 0.3) is 0 Å². The third-order valence-electron chi connectivity index (χ3n) is 2.41. The van der Waals surface area contributed by atoms with Gasteiger partial charge in [0.15, 0.2) is 0 Å². The van der Waals surface area contributed by atoms with Crippen molar-refractivity contribution in [3.8, 4) is 0 Å². The van der Waals surface area contributed by atoms with E-state index in [4.69, 9.17) is 28.4 Å². The summed E-state index contributed by atoms with van der Waals surface area (Å²) in [6, 6.07) is 6.64. The summed E-state index contributed by atoms with van der Waals surface area (Å²) in [4.78, 5) is 10.7. The number of hydrogen-bond donors (Lipinski definition) is 3. The summed E-state index contributed by atoms with van der Waals surface area (Å²) in [6.07, 6.45) is 0. The third kappa shape index (κ3) is 7.14. The number of nitrogens with two attached hydrogens (primary N) is 2. The minimum absolute atomic E-state index is 0.0700. The van der Waals surface area contributed by atoms with Crippen LogP contribution in [0.2, 0.25) is 0 Å². The minimum atomic E-state index is -3.48. The van der Waals surface area contributed by atoms with Gasteiger partial charge in [0, 0.05) is 12.1 Å². The van der Waals surface area contributed by atoms with Gasteiger partial charge in [0.05, 0.1) is 12.4 Å². The average Bonchev–Trinajstić information content (AvgIpc) is 2.38. The van der Waals surface area contributed by atoms with E-state index >= 15 is 0 Å². The van der Waals surface area contributed by atoms with Crippen LogP contribution in [0.3, 0.4) is 0 Å². The molecule has 1 aromatic rings. The fourth-order valence-electron chi connectivity index (χ4n) is 1.48. The maximum Gasteiger partial charge on any atom is 0.243 e. The standard InChI is InChI=1S/C12H17N3O4S2/c13-11(16)7-19-6-5-15-21(17,18)8-9-1-3-10(4-2-9)12(14)20/h1-4,15H,5-8H2,(H2,13,16)(H2,14,20). The Balaban J connectivity index is 2.44. The number of carbonyl (C=O) groups is 1. The van der Waals surface area contributed by atoms with Crippen molar-refractivity contribution in [2.24, 2.45) is 11.5 Å². The second-order valence-corrected chi connectivity index (χ2v) is 6.48. The lowest BCUT2D eigenvalue weighted by Gasteiger charge is -2.07. The van der Waals surface area contributed by atoms with Gasteiger partial charge in [-0.05, 0) is 5.56 Å². The molecule has 1 amide bonds. The number of ether oxygens (including phenoxy) is 1. The smallest absolute Gasteiger partial charge is 0.243 e. The first-order chi connectivity index (χ1) is 9.80. The molecular weight excluding hydrogens is 314 g/mol.